The lowest BCUT2D eigenvalue weighted by atomic mass is 10.0. The predicted octanol–water partition coefficient (Wildman–Crippen LogP) is 4.04. The molecule has 0 bridgehead atoms. The number of carbonyl (C=O) groups is 2. The van der Waals surface area contributed by atoms with Gasteiger partial charge in [0.05, 0.1) is 5.52 Å². The van der Waals surface area contributed by atoms with Crippen molar-refractivity contribution in [2.75, 3.05) is 0 Å². The molecular formula is C17H10BrN3O3. The molecule has 3 aromatic heterocycles. The third-order valence-electron chi connectivity index (χ3n) is 3.93. The number of ketones is 1. The molecule has 0 fully saturated rings. The van der Waals surface area contributed by atoms with Gasteiger partial charge in [0.2, 0.25) is 0 Å². The highest BCUT2D eigenvalue weighted by atomic mass is 79.9. The van der Waals surface area contributed by atoms with Crippen molar-refractivity contribution < 1.29 is 14.7 Å². The SMILES string of the molecule is O=C(c1c[nH]c2ncc(Br)cc12)c1cccc2c1ccn2C(=O)O. The molecule has 118 valence electrons. The van der Waals surface area contributed by atoms with E-state index < -0.39 is 6.09 Å². The van der Waals surface area contributed by atoms with Crippen molar-refractivity contribution in [3.8, 4) is 0 Å². The van der Waals surface area contributed by atoms with Gasteiger partial charge in [0.15, 0.2) is 5.78 Å². The first kappa shape index (κ1) is 14.6. The number of halogens is 1. The van der Waals surface area contributed by atoms with E-state index in [0.29, 0.717) is 33.1 Å². The zero-order valence-electron chi connectivity index (χ0n) is 12.2. The van der Waals surface area contributed by atoms with Crippen LogP contribution in [0.1, 0.15) is 15.9 Å². The lowest BCUT2D eigenvalue weighted by molar-refractivity contribution is 0.104. The maximum absolute atomic E-state index is 13.0. The molecule has 0 aliphatic heterocycles. The number of H-pyrrole nitrogens is 1. The Bertz CT molecular complexity index is 1130. The number of benzene rings is 1. The Morgan fingerprint density at radius 2 is 2.00 bits per heavy atom. The van der Waals surface area contributed by atoms with Crippen molar-refractivity contribution in [3.05, 3.63) is 64.5 Å². The summed E-state index contributed by atoms with van der Waals surface area (Å²) in [5, 5.41) is 10.5. The van der Waals surface area contributed by atoms with Gasteiger partial charge < -0.3 is 10.1 Å². The minimum absolute atomic E-state index is 0.185. The largest absolute Gasteiger partial charge is 0.464 e. The molecule has 0 saturated heterocycles. The summed E-state index contributed by atoms with van der Waals surface area (Å²) in [6, 6.07) is 8.51. The average Bonchev–Trinajstić information content (AvgIpc) is 3.17. The maximum Gasteiger partial charge on any atom is 0.415 e. The van der Waals surface area contributed by atoms with E-state index in [2.05, 4.69) is 25.9 Å². The van der Waals surface area contributed by atoms with Crippen LogP contribution in [0.2, 0.25) is 0 Å². The predicted molar refractivity (Wildman–Crippen MR) is 92.6 cm³/mol. The van der Waals surface area contributed by atoms with Crippen LogP contribution >= 0.6 is 15.9 Å². The summed E-state index contributed by atoms with van der Waals surface area (Å²) in [6.07, 6.45) is 3.63. The fraction of sp³-hybridized carbons (Fsp3) is 0. The molecule has 4 aromatic rings. The number of fused-ring (bicyclic) bond motifs is 2. The first-order chi connectivity index (χ1) is 11.6. The third kappa shape index (κ3) is 2.13. The number of aromatic amines is 1. The van der Waals surface area contributed by atoms with Crippen LogP contribution in [0.15, 0.2) is 53.4 Å². The summed E-state index contributed by atoms with van der Waals surface area (Å²) in [4.78, 5) is 31.5. The van der Waals surface area contributed by atoms with Crippen LogP contribution in [0, 0.1) is 0 Å². The number of pyridine rings is 1. The van der Waals surface area contributed by atoms with E-state index in [4.69, 9.17) is 0 Å². The van der Waals surface area contributed by atoms with Gasteiger partial charge in [0.1, 0.15) is 5.65 Å². The summed E-state index contributed by atoms with van der Waals surface area (Å²) in [6.45, 7) is 0. The van der Waals surface area contributed by atoms with Gasteiger partial charge in [-0.15, -0.1) is 0 Å². The van der Waals surface area contributed by atoms with Crippen molar-refractivity contribution in [1.29, 1.82) is 0 Å². The molecule has 0 unspecified atom stereocenters. The van der Waals surface area contributed by atoms with E-state index in [1.165, 1.54) is 6.20 Å². The van der Waals surface area contributed by atoms with E-state index in [9.17, 15) is 14.7 Å². The molecular weight excluding hydrogens is 374 g/mol. The van der Waals surface area contributed by atoms with Gasteiger partial charge in [-0.05, 0) is 34.1 Å². The van der Waals surface area contributed by atoms with Gasteiger partial charge >= 0.3 is 6.09 Å². The molecule has 6 nitrogen and oxygen atoms in total. The highest BCUT2D eigenvalue weighted by molar-refractivity contribution is 9.10. The number of nitrogens with zero attached hydrogens (tertiary/aromatic N) is 2. The molecule has 24 heavy (non-hydrogen) atoms. The van der Waals surface area contributed by atoms with E-state index in [-0.39, 0.29) is 5.78 Å². The number of hydrogen-bond acceptors (Lipinski definition) is 3. The summed E-state index contributed by atoms with van der Waals surface area (Å²) < 4.78 is 1.87. The first-order valence-electron chi connectivity index (χ1n) is 7.07. The molecule has 1 aromatic carbocycles. The highest BCUT2D eigenvalue weighted by Crippen LogP contribution is 2.27. The standard InChI is InChI=1S/C17H10BrN3O3/c18-9-6-12-13(8-20-16(12)19-7-9)15(22)11-2-1-3-14-10(11)4-5-21(14)17(23)24/h1-8H,(H,19,20)(H,23,24). The van der Waals surface area contributed by atoms with Crippen LogP contribution in [-0.2, 0) is 0 Å². The topological polar surface area (TPSA) is 88.0 Å². The number of hydrogen-bond donors (Lipinski definition) is 2. The fourth-order valence-corrected chi connectivity index (χ4v) is 3.17. The Morgan fingerprint density at radius 1 is 1.17 bits per heavy atom. The third-order valence-corrected chi connectivity index (χ3v) is 4.36. The number of rotatable bonds is 2. The van der Waals surface area contributed by atoms with Crippen molar-refractivity contribution >= 4 is 49.7 Å². The minimum Gasteiger partial charge on any atom is -0.464 e. The Labute approximate surface area is 143 Å². The van der Waals surface area contributed by atoms with Crippen LogP contribution < -0.4 is 0 Å². The maximum atomic E-state index is 13.0. The number of aromatic nitrogens is 3. The monoisotopic (exact) mass is 383 g/mol. The first-order valence-corrected chi connectivity index (χ1v) is 7.86. The second-order valence-corrected chi connectivity index (χ2v) is 6.20. The van der Waals surface area contributed by atoms with Crippen molar-refractivity contribution in [2.24, 2.45) is 0 Å². The minimum atomic E-state index is -1.09. The molecule has 0 radical (unpaired) electrons. The Morgan fingerprint density at radius 3 is 2.79 bits per heavy atom. The Balaban J connectivity index is 1.92. The van der Waals surface area contributed by atoms with Gasteiger partial charge in [0.25, 0.3) is 0 Å². The lowest BCUT2D eigenvalue weighted by Crippen LogP contribution is -2.06. The van der Waals surface area contributed by atoms with E-state index in [1.54, 1.807) is 36.7 Å². The Kier molecular flexibility index (Phi) is 3.24. The Hall–Kier alpha value is -2.93. The highest BCUT2D eigenvalue weighted by Gasteiger charge is 2.19. The fourth-order valence-electron chi connectivity index (χ4n) is 2.84. The van der Waals surface area contributed by atoms with Crippen LogP contribution in [-0.4, -0.2) is 31.5 Å². The zero-order valence-corrected chi connectivity index (χ0v) is 13.7. The van der Waals surface area contributed by atoms with Gasteiger partial charge in [-0.3, -0.25) is 9.36 Å². The molecule has 0 atom stereocenters. The van der Waals surface area contributed by atoms with E-state index >= 15 is 0 Å². The van der Waals surface area contributed by atoms with Crippen LogP contribution in [0.25, 0.3) is 21.9 Å². The second-order valence-electron chi connectivity index (χ2n) is 5.29. The second kappa shape index (κ2) is 5.31. The molecule has 0 amide bonds. The molecule has 0 spiro atoms. The van der Waals surface area contributed by atoms with Crippen molar-refractivity contribution in [1.82, 2.24) is 14.5 Å². The number of carbonyl (C=O) groups excluding carboxylic acids is 1. The van der Waals surface area contributed by atoms with E-state index in [1.807, 2.05) is 6.07 Å². The summed E-state index contributed by atoms with van der Waals surface area (Å²) >= 11 is 3.36. The van der Waals surface area contributed by atoms with Gasteiger partial charge in [0, 0.05) is 45.0 Å². The zero-order chi connectivity index (χ0) is 16.8. The molecule has 3 heterocycles. The van der Waals surface area contributed by atoms with Gasteiger partial charge in [-0.1, -0.05) is 12.1 Å². The van der Waals surface area contributed by atoms with Crippen molar-refractivity contribution in [2.45, 2.75) is 0 Å². The van der Waals surface area contributed by atoms with Gasteiger partial charge in [-0.2, -0.15) is 0 Å². The summed E-state index contributed by atoms with van der Waals surface area (Å²) in [7, 11) is 0. The summed E-state index contributed by atoms with van der Waals surface area (Å²) in [5.41, 5.74) is 2.05. The lowest BCUT2D eigenvalue weighted by Gasteiger charge is -2.03. The van der Waals surface area contributed by atoms with E-state index in [0.717, 1.165) is 9.04 Å². The van der Waals surface area contributed by atoms with Crippen LogP contribution in [0.3, 0.4) is 0 Å². The molecule has 0 aliphatic rings. The normalized spacial score (nSPS) is 11.2. The number of nitrogens with one attached hydrogen (secondary N) is 1. The smallest absolute Gasteiger partial charge is 0.415 e. The van der Waals surface area contributed by atoms with Gasteiger partial charge in [-0.25, -0.2) is 9.78 Å². The number of carboxylic acid groups (broad SMARTS) is 1. The van der Waals surface area contributed by atoms with Crippen LogP contribution in [0.5, 0.6) is 0 Å². The summed E-state index contributed by atoms with van der Waals surface area (Å²) in [5.74, 6) is -0.185. The molecule has 0 saturated carbocycles. The van der Waals surface area contributed by atoms with Crippen LogP contribution in [0.4, 0.5) is 4.79 Å². The quantitative estimate of drug-likeness (QED) is 0.511. The molecule has 2 N–H and O–H groups in total. The molecule has 7 heteroatoms. The molecule has 4 rings (SSSR count). The van der Waals surface area contributed by atoms with Crippen molar-refractivity contribution in [3.63, 3.8) is 0 Å². The average molecular weight is 384 g/mol. The molecule has 0 aliphatic carbocycles.